The molecule has 1 aromatic rings. The molecule has 0 spiro atoms. The van der Waals surface area contributed by atoms with Gasteiger partial charge in [-0.2, -0.15) is 13.2 Å². The van der Waals surface area contributed by atoms with Crippen molar-refractivity contribution in [1.29, 1.82) is 0 Å². The summed E-state index contributed by atoms with van der Waals surface area (Å²) in [4.78, 5) is 6.15. The molecule has 2 heterocycles. The van der Waals surface area contributed by atoms with Crippen LogP contribution in [-0.4, -0.2) is 42.3 Å². The fourth-order valence-corrected chi connectivity index (χ4v) is 3.76. The summed E-state index contributed by atoms with van der Waals surface area (Å²) in [5, 5.41) is 0. The summed E-state index contributed by atoms with van der Waals surface area (Å²) in [7, 11) is 0. The number of hydrogen-bond acceptors (Lipinski definition) is 3. The van der Waals surface area contributed by atoms with E-state index >= 15 is 0 Å². The van der Waals surface area contributed by atoms with Crippen LogP contribution in [0.15, 0.2) is 22.8 Å². The van der Waals surface area contributed by atoms with Gasteiger partial charge in [-0.05, 0) is 66.7 Å². The van der Waals surface area contributed by atoms with E-state index in [9.17, 15) is 13.2 Å². The van der Waals surface area contributed by atoms with Crippen LogP contribution in [0.2, 0.25) is 0 Å². The van der Waals surface area contributed by atoms with E-state index in [2.05, 4.69) is 20.9 Å². The Bertz CT molecular complexity index is 538. The highest BCUT2D eigenvalue weighted by molar-refractivity contribution is 9.10. The van der Waals surface area contributed by atoms with Gasteiger partial charge < -0.3 is 9.64 Å². The van der Waals surface area contributed by atoms with Crippen LogP contribution in [0, 0.1) is 11.3 Å². The summed E-state index contributed by atoms with van der Waals surface area (Å²) in [6.45, 7) is 2.18. The first kappa shape index (κ1) is 18.0. The van der Waals surface area contributed by atoms with E-state index in [1.54, 1.807) is 6.20 Å². The van der Waals surface area contributed by atoms with Crippen molar-refractivity contribution in [2.45, 2.75) is 38.3 Å². The zero-order valence-electron chi connectivity index (χ0n) is 13.5. The second-order valence-electron chi connectivity index (χ2n) is 6.98. The van der Waals surface area contributed by atoms with E-state index < -0.39 is 11.6 Å². The van der Waals surface area contributed by atoms with Gasteiger partial charge in [-0.25, -0.2) is 4.98 Å². The summed E-state index contributed by atoms with van der Waals surface area (Å²) in [5.74, 6) is 0.973. The minimum atomic E-state index is -4.07. The van der Waals surface area contributed by atoms with Crippen LogP contribution in [-0.2, 0) is 0 Å². The monoisotopic (exact) mass is 406 g/mol. The molecule has 1 saturated heterocycles. The van der Waals surface area contributed by atoms with Gasteiger partial charge in [0.15, 0.2) is 0 Å². The van der Waals surface area contributed by atoms with Crippen molar-refractivity contribution in [1.82, 2.24) is 9.88 Å². The van der Waals surface area contributed by atoms with Crippen LogP contribution < -0.4 is 4.74 Å². The van der Waals surface area contributed by atoms with E-state index in [1.807, 2.05) is 17.0 Å². The molecule has 0 bridgehead atoms. The first-order chi connectivity index (χ1) is 11.4. The van der Waals surface area contributed by atoms with Crippen LogP contribution in [0.4, 0.5) is 13.2 Å². The summed E-state index contributed by atoms with van der Waals surface area (Å²) in [6, 6.07) is 3.68. The standard InChI is InChI=1S/C17H22BrF3N2O/c18-14-2-3-15(22-10-14)24-11-13-4-8-23(9-5-13)12-16(6-1-7-16)17(19,20)21/h2-3,10,13H,1,4-9,11-12H2. The maximum atomic E-state index is 13.3. The Morgan fingerprint density at radius 3 is 2.46 bits per heavy atom. The lowest BCUT2D eigenvalue weighted by Gasteiger charge is -2.47. The summed E-state index contributed by atoms with van der Waals surface area (Å²) >= 11 is 3.32. The highest BCUT2D eigenvalue weighted by Gasteiger charge is 2.58. The molecule has 1 aromatic heterocycles. The Morgan fingerprint density at radius 2 is 1.96 bits per heavy atom. The SMILES string of the molecule is FC(F)(F)C1(CN2CCC(COc3ccc(Br)cn3)CC2)CCC1. The topological polar surface area (TPSA) is 25.4 Å². The van der Waals surface area contributed by atoms with E-state index in [1.165, 1.54) is 0 Å². The van der Waals surface area contributed by atoms with Crippen molar-refractivity contribution < 1.29 is 17.9 Å². The molecule has 134 valence electrons. The minimum absolute atomic E-state index is 0.165. The quantitative estimate of drug-likeness (QED) is 0.710. The van der Waals surface area contributed by atoms with Gasteiger partial charge in [-0.15, -0.1) is 0 Å². The zero-order chi connectivity index (χ0) is 17.2. The smallest absolute Gasteiger partial charge is 0.395 e. The molecule has 2 aliphatic rings. The summed E-state index contributed by atoms with van der Waals surface area (Å²) in [6.07, 6.45) is 0.647. The molecule has 3 rings (SSSR count). The Kier molecular flexibility index (Phi) is 5.39. The van der Waals surface area contributed by atoms with Crippen molar-refractivity contribution in [3.8, 4) is 5.88 Å². The molecule has 1 aliphatic heterocycles. The number of halogens is 4. The third-order valence-corrected chi connectivity index (χ3v) is 5.78. The summed E-state index contributed by atoms with van der Waals surface area (Å²) in [5.41, 5.74) is -1.45. The summed E-state index contributed by atoms with van der Waals surface area (Å²) < 4.78 is 46.4. The molecule has 0 aromatic carbocycles. The predicted octanol–water partition coefficient (Wildman–Crippen LogP) is 4.67. The minimum Gasteiger partial charge on any atom is -0.477 e. The number of hydrogen-bond donors (Lipinski definition) is 0. The van der Waals surface area contributed by atoms with Crippen molar-refractivity contribution in [2.75, 3.05) is 26.2 Å². The number of rotatable bonds is 5. The van der Waals surface area contributed by atoms with Crippen molar-refractivity contribution in [2.24, 2.45) is 11.3 Å². The molecule has 1 saturated carbocycles. The van der Waals surface area contributed by atoms with Gasteiger partial charge in [0.1, 0.15) is 0 Å². The Morgan fingerprint density at radius 1 is 1.25 bits per heavy atom. The number of likely N-dealkylation sites (tertiary alicyclic amines) is 1. The van der Waals surface area contributed by atoms with Gasteiger partial charge in [0, 0.05) is 23.3 Å². The van der Waals surface area contributed by atoms with E-state index in [0.29, 0.717) is 24.8 Å². The van der Waals surface area contributed by atoms with Gasteiger partial charge >= 0.3 is 6.18 Å². The lowest BCUT2D eigenvalue weighted by atomic mass is 9.67. The molecule has 1 aliphatic carbocycles. The molecule has 2 fully saturated rings. The third kappa shape index (κ3) is 4.04. The van der Waals surface area contributed by atoms with E-state index in [-0.39, 0.29) is 19.4 Å². The number of piperidine rings is 1. The average molecular weight is 407 g/mol. The maximum absolute atomic E-state index is 13.3. The molecule has 0 unspecified atom stereocenters. The predicted molar refractivity (Wildman–Crippen MR) is 88.9 cm³/mol. The normalized spacial score (nSPS) is 22.2. The van der Waals surface area contributed by atoms with Gasteiger partial charge in [-0.1, -0.05) is 6.42 Å². The van der Waals surface area contributed by atoms with Crippen LogP contribution >= 0.6 is 15.9 Å². The molecular formula is C17H22BrF3N2O. The van der Waals surface area contributed by atoms with E-state index in [4.69, 9.17) is 4.74 Å². The number of nitrogens with zero attached hydrogens (tertiary/aromatic N) is 2. The second-order valence-corrected chi connectivity index (χ2v) is 7.89. The lowest BCUT2D eigenvalue weighted by Crippen LogP contribution is -2.53. The third-order valence-electron chi connectivity index (χ3n) is 5.31. The van der Waals surface area contributed by atoms with Gasteiger partial charge in [0.25, 0.3) is 0 Å². The Hall–Kier alpha value is -0.820. The number of ether oxygens (including phenoxy) is 1. The molecule has 24 heavy (non-hydrogen) atoms. The fourth-order valence-electron chi connectivity index (χ4n) is 3.52. The highest BCUT2D eigenvalue weighted by atomic mass is 79.9. The first-order valence-corrected chi connectivity index (χ1v) is 9.21. The second kappa shape index (κ2) is 7.20. The van der Waals surface area contributed by atoms with E-state index in [0.717, 1.165) is 30.4 Å². The Balaban J connectivity index is 1.43. The molecule has 3 nitrogen and oxygen atoms in total. The molecule has 0 radical (unpaired) electrons. The molecule has 0 amide bonds. The zero-order valence-corrected chi connectivity index (χ0v) is 15.1. The molecule has 0 N–H and O–H groups in total. The van der Waals surface area contributed by atoms with Crippen LogP contribution in [0.3, 0.4) is 0 Å². The maximum Gasteiger partial charge on any atom is 0.395 e. The average Bonchev–Trinajstić information content (AvgIpc) is 2.50. The first-order valence-electron chi connectivity index (χ1n) is 8.41. The molecule has 0 atom stereocenters. The number of aromatic nitrogens is 1. The molecule has 7 heteroatoms. The largest absolute Gasteiger partial charge is 0.477 e. The molecular weight excluding hydrogens is 385 g/mol. The van der Waals surface area contributed by atoms with Gasteiger partial charge in [0.05, 0.1) is 12.0 Å². The van der Waals surface area contributed by atoms with Crippen molar-refractivity contribution in [3.05, 3.63) is 22.8 Å². The number of pyridine rings is 1. The van der Waals surface area contributed by atoms with Crippen LogP contribution in [0.5, 0.6) is 5.88 Å². The van der Waals surface area contributed by atoms with Crippen molar-refractivity contribution in [3.63, 3.8) is 0 Å². The van der Waals surface area contributed by atoms with Crippen LogP contribution in [0.1, 0.15) is 32.1 Å². The van der Waals surface area contributed by atoms with Gasteiger partial charge in [-0.3, -0.25) is 0 Å². The van der Waals surface area contributed by atoms with Crippen LogP contribution in [0.25, 0.3) is 0 Å². The number of alkyl halides is 3. The highest BCUT2D eigenvalue weighted by Crippen LogP contribution is 2.53. The lowest BCUT2D eigenvalue weighted by molar-refractivity contribution is -0.256. The fraction of sp³-hybridized carbons (Fsp3) is 0.706. The van der Waals surface area contributed by atoms with Crippen molar-refractivity contribution >= 4 is 15.9 Å². The Labute approximate surface area is 148 Å². The van der Waals surface area contributed by atoms with Gasteiger partial charge in [0.2, 0.25) is 5.88 Å².